The molecule has 0 atom stereocenters. The van der Waals surface area contributed by atoms with Gasteiger partial charge < -0.3 is 0 Å². The molecule has 0 aliphatic carbocycles. The summed E-state index contributed by atoms with van der Waals surface area (Å²) in [5, 5.41) is 0. The number of hydrogen-bond donors (Lipinski definition) is 0. The van der Waals surface area contributed by atoms with Crippen molar-refractivity contribution >= 4 is 31.9 Å². The molecule has 0 aliphatic heterocycles. The van der Waals surface area contributed by atoms with Gasteiger partial charge >= 0.3 is 0 Å². The summed E-state index contributed by atoms with van der Waals surface area (Å²) in [5.41, 5.74) is 1.39. The standard InChI is InChI=1S/C10H12Br2/c1-10(11,12)8-7-9-5-3-2-4-6-9/h2-6H,7-8H2,1H3. The zero-order valence-corrected chi connectivity index (χ0v) is 10.2. The number of benzene rings is 1. The Hall–Kier alpha value is 0.180. The summed E-state index contributed by atoms with van der Waals surface area (Å²) in [4.78, 5) is 0. The average molecular weight is 292 g/mol. The van der Waals surface area contributed by atoms with Gasteiger partial charge in [0.05, 0.1) is 3.23 Å². The monoisotopic (exact) mass is 290 g/mol. The summed E-state index contributed by atoms with van der Waals surface area (Å²) in [6.45, 7) is 2.12. The highest BCUT2D eigenvalue weighted by Gasteiger charge is 2.13. The van der Waals surface area contributed by atoms with Crippen LogP contribution in [0.3, 0.4) is 0 Å². The van der Waals surface area contributed by atoms with Gasteiger partial charge in [0, 0.05) is 0 Å². The highest BCUT2D eigenvalue weighted by molar-refractivity contribution is 9.25. The van der Waals surface area contributed by atoms with Gasteiger partial charge in [-0.15, -0.1) is 0 Å². The first-order valence-electron chi connectivity index (χ1n) is 4.00. The molecule has 1 aromatic rings. The fourth-order valence-corrected chi connectivity index (χ4v) is 1.41. The van der Waals surface area contributed by atoms with E-state index in [2.05, 4.69) is 63.0 Å². The molecule has 0 bridgehead atoms. The van der Waals surface area contributed by atoms with Crippen LogP contribution >= 0.6 is 31.9 Å². The van der Waals surface area contributed by atoms with Gasteiger partial charge in [0.1, 0.15) is 0 Å². The van der Waals surface area contributed by atoms with Gasteiger partial charge in [-0.1, -0.05) is 62.2 Å². The van der Waals surface area contributed by atoms with Gasteiger partial charge in [-0.05, 0) is 25.3 Å². The van der Waals surface area contributed by atoms with E-state index >= 15 is 0 Å². The quantitative estimate of drug-likeness (QED) is 0.735. The van der Waals surface area contributed by atoms with E-state index < -0.39 is 0 Å². The van der Waals surface area contributed by atoms with Crippen LogP contribution in [0.15, 0.2) is 30.3 Å². The maximum atomic E-state index is 3.55. The summed E-state index contributed by atoms with van der Waals surface area (Å²) in [5.74, 6) is 0. The third-order valence-corrected chi connectivity index (χ3v) is 2.49. The van der Waals surface area contributed by atoms with Crippen molar-refractivity contribution in [1.82, 2.24) is 0 Å². The summed E-state index contributed by atoms with van der Waals surface area (Å²) < 4.78 is 0.0792. The normalized spacial score (nSPS) is 11.6. The molecular weight excluding hydrogens is 280 g/mol. The largest absolute Gasteiger partial charge is 0.0780 e. The first-order chi connectivity index (χ1) is 5.58. The molecule has 0 fully saturated rings. The lowest BCUT2D eigenvalue weighted by molar-refractivity contribution is 0.790. The van der Waals surface area contributed by atoms with E-state index in [1.807, 2.05) is 6.07 Å². The predicted octanol–water partition coefficient (Wildman–Crippen LogP) is 4.13. The van der Waals surface area contributed by atoms with Crippen molar-refractivity contribution in [3.05, 3.63) is 35.9 Å². The molecule has 0 N–H and O–H groups in total. The number of halogens is 2. The number of aryl methyl sites for hydroxylation is 1. The van der Waals surface area contributed by atoms with Crippen molar-refractivity contribution in [3.63, 3.8) is 0 Å². The third-order valence-electron chi connectivity index (χ3n) is 1.70. The lowest BCUT2D eigenvalue weighted by atomic mass is 10.1. The van der Waals surface area contributed by atoms with Gasteiger partial charge in [0.25, 0.3) is 0 Å². The van der Waals surface area contributed by atoms with Crippen molar-refractivity contribution in [1.29, 1.82) is 0 Å². The summed E-state index contributed by atoms with van der Waals surface area (Å²) in [6, 6.07) is 10.5. The lowest BCUT2D eigenvalue weighted by Crippen LogP contribution is -2.05. The van der Waals surface area contributed by atoms with Crippen molar-refractivity contribution in [2.24, 2.45) is 0 Å². The second-order valence-corrected chi connectivity index (χ2v) is 7.62. The van der Waals surface area contributed by atoms with E-state index in [9.17, 15) is 0 Å². The Balaban J connectivity index is 2.44. The summed E-state index contributed by atoms with van der Waals surface area (Å²) in [7, 11) is 0. The van der Waals surface area contributed by atoms with Crippen LogP contribution in [-0.4, -0.2) is 3.23 Å². The second kappa shape index (κ2) is 4.43. The number of hydrogen-bond acceptors (Lipinski definition) is 0. The zero-order chi connectivity index (χ0) is 9.03. The Bertz CT molecular complexity index is 223. The van der Waals surface area contributed by atoms with E-state index in [0.717, 1.165) is 12.8 Å². The summed E-state index contributed by atoms with van der Waals surface area (Å²) in [6.07, 6.45) is 2.20. The predicted molar refractivity (Wildman–Crippen MR) is 61.0 cm³/mol. The molecule has 0 aromatic heterocycles. The maximum Gasteiger partial charge on any atom is 0.0780 e. The van der Waals surface area contributed by atoms with Crippen molar-refractivity contribution in [2.75, 3.05) is 0 Å². The first-order valence-corrected chi connectivity index (χ1v) is 5.58. The van der Waals surface area contributed by atoms with Gasteiger partial charge in [0.15, 0.2) is 0 Å². The molecule has 0 aliphatic rings. The van der Waals surface area contributed by atoms with Crippen molar-refractivity contribution < 1.29 is 0 Å². The molecule has 1 rings (SSSR count). The molecule has 0 heterocycles. The number of alkyl halides is 2. The molecule has 0 unspecified atom stereocenters. The fourth-order valence-electron chi connectivity index (χ4n) is 1.01. The minimum absolute atomic E-state index is 0.0792. The highest BCUT2D eigenvalue weighted by atomic mass is 79.9. The van der Waals surface area contributed by atoms with Crippen LogP contribution in [0.4, 0.5) is 0 Å². The van der Waals surface area contributed by atoms with Crippen LogP contribution < -0.4 is 0 Å². The van der Waals surface area contributed by atoms with E-state index in [1.165, 1.54) is 5.56 Å². The molecule has 2 heteroatoms. The SMILES string of the molecule is CC(Br)(Br)CCc1ccccc1. The Labute approximate surface area is 90.6 Å². The molecule has 1 aromatic carbocycles. The Morgan fingerprint density at radius 3 is 2.25 bits per heavy atom. The maximum absolute atomic E-state index is 3.55. The Kier molecular flexibility index (Phi) is 3.78. The molecular formula is C10H12Br2. The van der Waals surface area contributed by atoms with Crippen molar-refractivity contribution in [3.8, 4) is 0 Å². The van der Waals surface area contributed by atoms with Gasteiger partial charge in [-0.25, -0.2) is 0 Å². The highest BCUT2D eigenvalue weighted by Crippen LogP contribution is 2.30. The molecule has 0 amide bonds. The third kappa shape index (κ3) is 4.27. The van der Waals surface area contributed by atoms with Crippen LogP contribution in [-0.2, 0) is 6.42 Å². The molecule has 12 heavy (non-hydrogen) atoms. The van der Waals surface area contributed by atoms with Crippen LogP contribution in [0, 0.1) is 0 Å². The van der Waals surface area contributed by atoms with Crippen molar-refractivity contribution in [2.45, 2.75) is 23.0 Å². The first kappa shape index (κ1) is 10.3. The van der Waals surface area contributed by atoms with Crippen LogP contribution in [0.25, 0.3) is 0 Å². The van der Waals surface area contributed by atoms with E-state index in [-0.39, 0.29) is 3.23 Å². The Morgan fingerprint density at radius 1 is 1.17 bits per heavy atom. The second-order valence-electron chi connectivity index (χ2n) is 3.06. The fraction of sp³-hybridized carbons (Fsp3) is 0.400. The van der Waals surface area contributed by atoms with Crippen LogP contribution in [0.5, 0.6) is 0 Å². The topological polar surface area (TPSA) is 0 Å². The average Bonchev–Trinajstić information content (AvgIpc) is 2.02. The van der Waals surface area contributed by atoms with Gasteiger partial charge in [-0.3, -0.25) is 0 Å². The van der Waals surface area contributed by atoms with Crippen LogP contribution in [0.2, 0.25) is 0 Å². The minimum Gasteiger partial charge on any atom is -0.0730 e. The molecule has 0 nitrogen and oxygen atoms in total. The lowest BCUT2D eigenvalue weighted by Gasteiger charge is -2.13. The molecule has 0 saturated heterocycles. The van der Waals surface area contributed by atoms with Gasteiger partial charge in [0.2, 0.25) is 0 Å². The molecule has 66 valence electrons. The summed E-state index contributed by atoms with van der Waals surface area (Å²) >= 11 is 7.11. The molecule has 0 radical (unpaired) electrons. The van der Waals surface area contributed by atoms with E-state index in [1.54, 1.807) is 0 Å². The van der Waals surface area contributed by atoms with E-state index in [4.69, 9.17) is 0 Å². The number of rotatable bonds is 3. The molecule has 0 spiro atoms. The van der Waals surface area contributed by atoms with Gasteiger partial charge in [-0.2, -0.15) is 0 Å². The Morgan fingerprint density at radius 2 is 1.75 bits per heavy atom. The minimum atomic E-state index is 0.0792. The smallest absolute Gasteiger partial charge is 0.0730 e. The zero-order valence-electron chi connectivity index (χ0n) is 7.06. The van der Waals surface area contributed by atoms with Crippen LogP contribution in [0.1, 0.15) is 18.9 Å². The van der Waals surface area contributed by atoms with E-state index in [0.29, 0.717) is 0 Å². The molecule has 0 saturated carbocycles.